The third kappa shape index (κ3) is 7.51. The second kappa shape index (κ2) is 12.1. The van der Waals surface area contributed by atoms with Gasteiger partial charge in [0.1, 0.15) is 18.4 Å². The van der Waals surface area contributed by atoms with Gasteiger partial charge in [-0.3, -0.25) is 14.5 Å². The van der Waals surface area contributed by atoms with Crippen molar-refractivity contribution in [3.05, 3.63) is 29.8 Å². The van der Waals surface area contributed by atoms with Gasteiger partial charge in [0, 0.05) is 39.3 Å². The van der Waals surface area contributed by atoms with Gasteiger partial charge in [0.05, 0.1) is 0 Å². The molecule has 2 N–H and O–H groups in total. The zero-order valence-corrected chi connectivity index (χ0v) is 18.9. The second-order valence-electron chi connectivity index (χ2n) is 8.76. The summed E-state index contributed by atoms with van der Waals surface area (Å²) in [5, 5.41) is 5.84. The van der Waals surface area contributed by atoms with Gasteiger partial charge in [-0.25, -0.2) is 0 Å². The Balaban J connectivity index is 1.45. The maximum Gasteiger partial charge on any atom is 0.243 e. The molecule has 1 aliphatic carbocycles. The molecule has 1 unspecified atom stereocenters. The Kier molecular flexibility index (Phi) is 9.15. The highest BCUT2D eigenvalue weighted by Crippen LogP contribution is 2.28. The number of nitrogens with one attached hydrogen (secondary N) is 2. The largest absolute Gasteiger partial charge is 0.492 e. The van der Waals surface area contributed by atoms with Crippen molar-refractivity contribution in [2.75, 3.05) is 33.4 Å². The van der Waals surface area contributed by atoms with Crippen molar-refractivity contribution < 1.29 is 19.1 Å². The molecule has 0 aromatic heterocycles. The van der Waals surface area contributed by atoms with E-state index in [1.54, 1.807) is 0 Å². The highest BCUT2D eigenvalue weighted by Gasteiger charge is 2.31. The zero-order chi connectivity index (χ0) is 22.1. The summed E-state index contributed by atoms with van der Waals surface area (Å²) in [5.41, 5.74) is 0.983. The molecule has 7 heteroatoms. The first kappa shape index (κ1) is 23.5. The molecular formula is C24H37N3O4. The van der Waals surface area contributed by atoms with E-state index in [0.29, 0.717) is 19.2 Å². The van der Waals surface area contributed by atoms with Crippen molar-refractivity contribution in [2.45, 2.75) is 64.1 Å². The minimum atomic E-state index is -0.444. The van der Waals surface area contributed by atoms with Crippen molar-refractivity contribution in [3.8, 4) is 5.75 Å². The predicted molar refractivity (Wildman–Crippen MR) is 120 cm³/mol. The molecule has 0 bridgehead atoms. The van der Waals surface area contributed by atoms with Crippen LogP contribution in [-0.2, 0) is 20.9 Å². The number of likely N-dealkylation sites (N-methyl/N-ethyl adjacent to an activating group) is 1. The standard InChI is InChI=1S/C24H37N3O4/c1-18(28)26-23(20-7-3-4-8-20)24(29)25-17-19-6-5-9-22(16-19)31-15-12-27(2)21-10-13-30-14-11-21/h5-6,9,16,20-21,23H,3-4,7-8,10-15,17H2,1-2H3,(H,25,29)(H,26,28). The van der Waals surface area contributed by atoms with Crippen LogP contribution in [-0.4, -0.2) is 62.2 Å². The van der Waals surface area contributed by atoms with Crippen molar-refractivity contribution in [3.63, 3.8) is 0 Å². The van der Waals surface area contributed by atoms with E-state index in [1.165, 1.54) is 6.92 Å². The Morgan fingerprint density at radius 2 is 1.94 bits per heavy atom. The Morgan fingerprint density at radius 1 is 1.19 bits per heavy atom. The van der Waals surface area contributed by atoms with E-state index in [9.17, 15) is 9.59 Å². The molecule has 3 rings (SSSR count). The Morgan fingerprint density at radius 3 is 2.65 bits per heavy atom. The van der Waals surface area contributed by atoms with Crippen LogP contribution in [0.4, 0.5) is 0 Å². The predicted octanol–water partition coefficient (Wildman–Crippen LogP) is 2.49. The molecule has 2 aliphatic rings. The number of hydrogen-bond donors (Lipinski definition) is 2. The van der Waals surface area contributed by atoms with Gasteiger partial charge in [-0.05, 0) is 56.3 Å². The van der Waals surface area contributed by atoms with Crippen molar-refractivity contribution in [2.24, 2.45) is 5.92 Å². The Hall–Kier alpha value is -2.12. The summed E-state index contributed by atoms with van der Waals surface area (Å²) >= 11 is 0. The van der Waals surface area contributed by atoms with E-state index in [2.05, 4.69) is 22.6 Å². The van der Waals surface area contributed by atoms with E-state index in [4.69, 9.17) is 9.47 Å². The molecule has 1 aliphatic heterocycles. The molecular weight excluding hydrogens is 394 g/mol. The molecule has 0 spiro atoms. The van der Waals surface area contributed by atoms with Crippen LogP contribution >= 0.6 is 0 Å². The first-order valence-electron chi connectivity index (χ1n) is 11.6. The van der Waals surface area contributed by atoms with Crippen LogP contribution in [0.15, 0.2) is 24.3 Å². The molecule has 1 saturated carbocycles. The summed E-state index contributed by atoms with van der Waals surface area (Å²) in [4.78, 5) is 26.7. The van der Waals surface area contributed by atoms with Crippen molar-refractivity contribution >= 4 is 11.8 Å². The van der Waals surface area contributed by atoms with Crippen LogP contribution in [0.1, 0.15) is 51.0 Å². The topological polar surface area (TPSA) is 79.9 Å². The number of ether oxygens (including phenoxy) is 2. The minimum Gasteiger partial charge on any atom is -0.492 e. The number of benzene rings is 1. The fourth-order valence-corrected chi connectivity index (χ4v) is 4.57. The molecule has 1 saturated heterocycles. The fourth-order valence-electron chi connectivity index (χ4n) is 4.57. The van der Waals surface area contributed by atoms with Crippen molar-refractivity contribution in [1.29, 1.82) is 0 Å². The lowest BCUT2D eigenvalue weighted by Crippen LogP contribution is -2.49. The average Bonchev–Trinajstić information content (AvgIpc) is 3.31. The van der Waals surface area contributed by atoms with Gasteiger partial charge in [-0.15, -0.1) is 0 Å². The molecule has 1 heterocycles. The number of rotatable bonds is 10. The summed E-state index contributed by atoms with van der Waals surface area (Å²) in [6.07, 6.45) is 6.38. The fraction of sp³-hybridized carbons (Fsp3) is 0.667. The zero-order valence-electron chi connectivity index (χ0n) is 18.9. The molecule has 2 fully saturated rings. The highest BCUT2D eigenvalue weighted by molar-refractivity contribution is 5.87. The molecule has 2 amide bonds. The van der Waals surface area contributed by atoms with Crippen LogP contribution in [0.25, 0.3) is 0 Å². The maximum absolute atomic E-state index is 12.7. The third-order valence-electron chi connectivity index (χ3n) is 6.40. The third-order valence-corrected chi connectivity index (χ3v) is 6.40. The first-order valence-corrected chi connectivity index (χ1v) is 11.6. The van der Waals surface area contributed by atoms with E-state index < -0.39 is 6.04 Å². The molecule has 1 aromatic carbocycles. The number of hydrogen-bond acceptors (Lipinski definition) is 5. The average molecular weight is 432 g/mol. The van der Waals surface area contributed by atoms with Gasteiger partial charge in [0.15, 0.2) is 0 Å². The van der Waals surface area contributed by atoms with Crippen LogP contribution in [0.5, 0.6) is 5.75 Å². The van der Waals surface area contributed by atoms with Crippen LogP contribution in [0, 0.1) is 5.92 Å². The SMILES string of the molecule is CC(=O)NC(C(=O)NCc1cccc(OCCN(C)C2CCOCC2)c1)C1CCCC1. The first-order chi connectivity index (χ1) is 15.0. The van der Waals surface area contributed by atoms with Crippen LogP contribution in [0.3, 0.4) is 0 Å². The lowest BCUT2D eigenvalue weighted by atomic mass is 9.97. The van der Waals surface area contributed by atoms with E-state index in [1.807, 2.05) is 24.3 Å². The maximum atomic E-state index is 12.7. The normalized spacial score (nSPS) is 18.7. The van der Waals surface area contributed by atoms with E-state index >= 15 is 0 Å². The number of nitrogens with zero attached hydrogens (tertiary/aromatic N) is 1. The summed E-state index contributed by atoms with van der Waals surface area (Å²) in [6.45, 7) is 5.05. The Bertz CT molecular complexity index is 715. The van der Waals surface area contributed by atoms with Gasteiger partial charge in [-0.2, -0.15) is 0 Å². The molecule has 7 nitrogen and oxygen atoms in total. The van der Waals surface area contributed by atoms with Gasteiger partial charge >= 0.3 is 0 Å². The molecule has 1 atom stereocenters. The van der Waals surface area contributed by atoms with Crippen LogP contribution < -0.4 is 15.4 Å². The summed E-state index contributed by atoms with van der Waals surface area (Å²) in [7, 11) is 2.14. The molecule has 1 aromatic rings. The molecule has 31 heavy (non-hydrogen) atoms. The van der Waals surface area contributed by atoms with Crippen molar-refractivity contribution in [1.82, 2.24) is 15.5 Å². The number of carbonyl (C=O) groups excluding carboxylic acids is 2. The second-order valence-corrected chi connectivity index (χ2v) is 8.76. The number of carbonyl (C=O) groups is 2. The summed E-state index contributed by atoms with van der Waals surface area (Å²) < 4.78 is 11.4. The van der Waals surface area contributed by atoms with E-state index in [0.717, 1.165) is 69.6 Å². The highest BCUT2D eigenvalue weighted by atomic mass is 16.5. The number of amides is 2. The molecule has 0 radical (unpaired) electrons. The Labute approximate surface area is 185 Å². The lowest BCUT2D eigenvalue weighted by Gasteiger charge is -2.31. The smallest absolute Gasteiger partial charge is 0.243 e. The minimum absolute atomic E-state index is 0.105. The summed E-state index contributed by atoms with van der Waals surface area (Å²) in [6, 6.07) is 7.96. The van der Waals surface area contributed by atoms with Gasteiger partial charge in [-0.1, -0.05) is 25.0 Å². The summed E-state index contributed by atoms with van der Waals surface area (Å²) in [5.74, 6) is 0.771. The van der Waals surface area contributed by atoms with Gasteiger partial charge in [0.2, 0.25) is 11.8 Å². The molecule has 172 valence electrons. The monoisotopic (exact) mass is 431 g/mol. The van der Waals surface area contributed by atoms with Crippen LogP contribution in [0.2, 0.25) is 0 Å². The van der Waals surface area contributed by atoms with Gasteiger partial charge in [0.25, 0.3) is 0 Å². The van der Waals surface area contributed by atoms with Gasteiger partial charge < -0.3 is 20.1 Å². The van der Waals surface area contributed by atoms with E-state index in [-0.39, 0.29) is 17.7 Å². The quantitative estimate of drug-likeness (QED) is 0.595. The lowest BCUT2D eigenvalue weighted by molar-refractivity contribution is -0.129.